The third kappa shape index (κ3) is 1.51. The van der Waals surface area contributed by atoms with Crippen LogP contribution in [0.2, 0.25) is 0 Å². The number of rotatable bonds is 1. The fourth-order valence-corrected chi connectivity index (χ4v) is 1.89. The van der Waals surface area contributed by atoms with Crippen molar-refractivity contribution in [1.82, 2.24) is 5.32 Å². The minimum absolute atomic E-state index is 0.529. The zero-order valence-electron chi connectivity index (χ0n) is 8.08. The number of hydrogen-bond acceptors (Lipinski definition) is 2. The van der Waals surface area contributed by atoms with Crippen LogP contribution in [0.1, 0.15) is 22.7 Å². The molecule has 3 heteroatoms. The lowest BCUT2D eigenvalue weighted by molar-refractivity contribution is -0.139. The summed E-state index contributed by atoms with van der Waals surface area (Å²) >= 11 is 0. The van der Waals surface area contributed by atoms with Gasteiger partial charge in [-0.1, -0.05) is 23.8 Å². The summed E-state index contributed by atoms with van der Waals surface area (Å²) in [5.41, 5.74) is 3.18. The van der Waals surface area contributed by atoms with Gasteiger partial charge in [0.1, 0.15) is 6.04 Å². The van der Waals surface area contributed by atoms with Crippen molar-refractivity contribution in [3.05, 3.63) is 34.9 Å². The highest BCUT2D eigenvalue weighted by Crippen LogP contribution is 2.23. The van der Waals surface area contributed by atoms with Gasteiger partial charge in [0.25, 0.3) is 0 Å². The van der Waals surface area contributed by atoms with E-state index < -0.39 is 12.0 Å². The van der Waals surface area contributed by atoms with Gasteiger partial charge < -0.3 is 10.4 Å². The van der Waals surface area contributed by atoms with Gasteiger partial charge in [-0.25, -0.2) is 0 Å². The van der Waals surface area contributed by atoms with Gasteiger partial charge in [0.05, 0.1) is 0 Å². The Morgan fingerprint density at radius 3 is 3.07 bits per heavy atom. The van der Waals surface area contributed by atoms with E-state index in [4.69, 9.17) is 5.11 Å². The molecule has 0 saturated heterocycles. The Kier molecular flexibility index (Phi) is 2.25. The number of aryl methyl sites for hydroxylation is 1. The molecule has 14 heavy (non-hydrogen) atoms. The second-order valence-corrected chi connectivity index (χ2v) is 3.68. The van der Waals surface area contributed by atoms with Crippen LogP contribution in [-0.2, 0) is 11.2 Å². The van der Waals surface area contributed by atoms with E-state index in [1.807, 2.05) is 25.1 Å². The van der Waals surface area contributed by atoms with Crippen molar-refractivity contribution in [2.45, 2.75) is 19.4 Å². The predicted octanol–water partition coefficient (Wildman–Crippen LogP) is 1.27. The van der Waals surface area contributed by atoms with Crippen LogP contribution in [0, 0.1) is 6.92 Å². The molecule has 0 radical (unpaired) electrons. The van der Waals surface area contributed by atoms with E-state index >= 15 is 0 Å². The monoisotopic (exact) mass is 191 g/mol. The Morgan fingerprint density at radius 2 is 2.36 bits per heavy atom. The molecule has 1 aromatic rings. The first-order chi connectivity index (χ1) is 6.68. The number of hydrogen-bond donors (Lipinski definition) is 2. The van der Waals surface area contributed by atoms with Crippen LogP contribution in [0.25, 0.3) is 0 Å². The molecule has 0 saturated carbocycles. The number of aliphatic carboxylic acids is 1. The Balaban J connectivity index is 2.46. The second-order valence-electron chi connectivity index (χ2n) is 3.68. The van der Waals surface area contributed by atoms with E-state index in [1.54, 1.807) is 0 Å². The molecule has 0 amide bonds. The van der Waals surface area contributed by atoms with E-state index in [2.05, 4.69) is 5.32 Å². The maximum Gasteiger partial charge on any atom is 0.325 e. The smallest absolute Gasteiger partial charge is 0.325 e. The minimum atomic E-state index is -0.795. The molecule has 1 aliphatic heterocycles. The molecule has 0 spiro atoms. The average molecular weight is 191 g/mol. The molecule has 1 atom stereocenters. The third-order valence-corrected chi connectivity index (χ3v) is 2.60. The van der Waals surface area contributed by atoms with Gasteiger partial charge in [-0.2, -0.15) is 0 Å². The Labute approximate surface area is 82.8 Å². The summed E-state index contributed by atoms with van der Waals surface area (Å²) in [6.07, 6.45) is 0.916. The number of benzene rings is 1. The largest absolute Gasteiger partial charge is 0.480 e. The summed E-state index contributed by atoms with van der Waals surface area (Å²) < 4.78 is 0. The molecule has 2 rings (SSSR count). The van der Waals surface area contributed by atoms with Crippen molar-refractivity contribution in [2.75, 3.05) is 6.54 Å². The molecule has 0 aliphatic carbocycles. The van der Waals surface area contributed by atoms with E-state index in [0.717, 1.165) is 29.7 Å². The number of fused-ring (bicyclic) bond motifs is 1. The first-order valence-electron chi connectivity index (χ1n) is 4.74. The molecular weight excluding hydrogens is 178 g/mol. The molecular formula is C11H13NO2. The average Bonchev–Trinajstić information content (AvgIpc) is 2.16. The number of nitrogens with one attached hydrogen (secondary N) is 1. The van der Waals surface area contributed by atoms with E-state index in [-0.39, 0.29) is 0 Å². The fraction of sp³-hybridized carbons (Fsp3) is 0.364. The topological polar surface area (TPSA) is 49.3 Å². The second kappa shape index (κ2) is 3.42. The van der Waals surface area contributed by atoms with Gasteiger partial charge in [0.2, 0.25) is 0 Å². The lowest BCUT2D eigenvalue weighted by atomic mass is 9.93. The van der Waals surface area contributed by atoms with Crippen LogP contribution in [-0.4, -0.2) is 17.6 Å². The highest BCUT2D eigenvalue weighted by Gasteiger charge is 2.25. The minimum Gasteiger partial charge on any atom is -0.480 e. The van der Waals surface area contributed by atoms with Crippen molar-refractivity contribution in [1.29, 1.82) is 0 Å². The molecule has 0 bridgehead atoms. The van der Waals surface area contributed by atoms with Crippen molar-refractivity contribution >= 4 is 5.97 Å². The number of carboxylic acids is 1. The SMILES string of the molecule is Cc1ccc2c(c1)[C@@H](C(=O)O)NCC2. The Hall–Kier alpha value is -1.35. The maximum absolute atomic E-state index is 11.0. The van der Waals surface area contributed by atoms with Crippen molar-refractivity contribution < 1.29 is 9.90 Å². The Bertz CT molecular complexity index is 374. The third-order valence-electron chi connectivity index (χ3n) is 2.60. The molecule has 1 aliphatic rings. The highest BCUT2D eigenvalue weighted by atomic mass is 16.4. The molecule has 2 N–H and O–H groups in total. The van der Waals surface area contributed by atoms with Crippen molar-refractivity contribution in [3.8, 4) is 0 Å². The molecule has 74 valence electrons. The normalized spacial score (nSPS) is 20.2. The molecule has 0 fully saturated rings. The lowest BCUT2D eigenvalue weighted by Crippen LogP contribution is -2.35. The number of carbonyl (C=O) groups is 1. The van der Waals surface area contributed by atoms with Gasteiger partial charge in [0.15, 0.2) is 0 Å². The van der Waals surface area contributed by atoms with E-state index in [0.29, 0.717) is 0 Å². The summed E-state index contributed by atoms with van der Waals surface area (Å²) in [7, 11) is 0. The highest BCUT2D eigenvalue weighted by molar-refractivity contribution is 5.76. The summed E-state index contributed by atoms with van der Waals surface area (Å²) in [6.45, 7) is 2.72. The van der Waals surface area contributed by atoms with Gasteiger partial charge in [-0.15, -0.1) is 0 Å². The molecule has 0 aromatic heterocycles. The lowest BCUT2D eigenvalue weighted by Gasteiger charge is -2.24. The number of carboxylic acid groups (broad SMARTS) is 1. The zero-order chi connectivity index (χ0) is 10.1. The predicted molar refractivity (Wildman–Crippen MR) is 53.3 cm³/mol. The summed E-state index contributed by atoms with van der Waals surface area (Å²) in [5, 5.41) is 12.0. The van der Waals surface area contributed by atoms with Crippen LogP contribution in [0.4, 0.5) is 0 Å². The first-order valence-corrected chi connectivity index (χ1v) is 4.74. The first kappa shape index (κ1) is 9.21. The molecule has 1 aromatic carbocycles. The van der Waals surface area contributed by atoms with Crippen molar-refractivity contribution in [3.63, 3.8) is 0 Å². The van der Waals surface area contributed by atoms with Gasteiger partial charge in [-0.05, 0) is 24.5 Å². The Morgan fingerprint density at radius 1 is 1.57 bits per heavy atom. The maximum atomic E-state index is 11.0. The standard InChI is InChI=1S/C11H13NO2/c1-7-2-3-8-4-5-12-10(11(13)14)9(8)6-7/h2-3,6,10,12H,4-5H2,1H3,(H,13,14)/t10-/m0/s1. The van der Waals surface area contributed by atoms with Gasteiger partial charge in [-0.3, -0.25) is 4.79 Å². The van der Waals surface area contributed by atoms with Crippen LogP contribution in [0.15, 0.2) is 18.2 Å². The van der Waals surface area contributed by atoms with Crippen LogP contribution in [0.3, 0.4) is 0 Å². The van der Waals surface area contributed by atoms with Crippen LogP contribution < -0.4 is 5.32 Å². The molecule has 3 nitrogen and oxygen atoms in total. The van der Waals surface area contributed by atoms with E-state index in [1.165, 1.54) is 0 Å². The summed E-state index contributed by atoms with van der Waals surface area (Å²) in [6, 6.07) is 5.49. The molecule has 1 heterocycles. The summed E-state index contributed by atoms with van der Waals surface area (Å²) in [4.78, 5) is 11.0. The van der Waals surface area contributed by atoms with Crippen LogP contribution >= 0.6 is 0 Å². The quantitative estimate of drug-likeness (QED) is 0.702. The van der Waals surface area contributed by atoms with Gasteiger partial charge >= 0.3 is 5.97 Å². The van der Waals surface area contributed by atoms with Crippen molar-refractivity contribution in [2.24, 2.45) is 0 Å². The molecule has 0 unspecified atom stereocenters. The fourth-order valence-electron chi connectivity index (χ4n) is 1.89. The van der Waals surface area contributed by atoms with Crippen LogP contribution in [0.5, 0.6) is 0 Å². The van der Waals surface area contributed by atoms with E-state index in [9.17, 15) is 4.79 Å². The van der Waals surface area contributed by atoms with Gasteiger partial charge in [0, 0.05) is 6.54 Å². The zero-order valence-corrected chi connectivity index (χ0v) is 8.08. The summed E-state index contributed by atoms with van der Waals surface area (Å²) in [5.74, 6) is -0.795.